The van der Waals surface area contributed by atoms with Crippen molar-refractivity contribution in [3.8, 4) is 0 Å². The van der Waals surface area contributed by atoms with Gasteiger partial charge in [-0.05, 0) is 19.3 Å². The SMILES string of the molecule is CCC1(C(=O)O)CCCN(c2nccn3cnnc23)C1. The van der Waals surface area contributed by atoms with Gasteiger partial charge in [0.15, 0.2) is 5.82 Å². The lowest BCUT2D eigenvalue weighted by Crippen LogP contribution is -2.48. The van der Waals surface area contributed by atoms with Crippen molar-refractivity contribution < 1.29 is 9.90 Å². The van der Waals surface area contributed by atoms with Crippen LogP contribution in [0.1, 0.15) is 26.2 Å². The zero-order valence-corrected chi connectivity index (χ0v) is 11.4. The summed E-state index contributed by atoms with van der Waals surface area (Å²) in [5.41, 5.74) is -0.0166. The van der Waals surface area contributed by atoms with Gasteiger partial charge in [0.25, 0.3) is 0 Å². The molecular formula is C13H17N5O2. The van der Waals surface area contributed by atoms with E-state index < -0.39 is 11.4 Å². The molecule has 3 rings (SSSR count). The van der Waals surface area contributed by atoms with Crippen LogP contribution in [-0.4, -0.2) is 43.7 Å². The van der Waals surface area contributed by atoms with Gasteiger partial charge in [0.2, 0.25) is 5.65 Å². The minimum absolute atomic E-state index is 0.471. The number of carboxylic acids is 1. The standard InChI is InChI=1S/C13H17N5O2/c1-2-13(12(19)20)4-3-6-17(8-13)10-11-16-15-9-18(11)7-5-14-10/h5,7,9H,2-4,6,8H2,1H3,(H,19,20). The number of anilines is 1. The van der Waals surface area contributed by atoms with Crippen molar-refractivity contribution in [3.05, 3.63) is 18.7 Å². The number of aromatic nitrogens is 4. The zero-order valence-electron chi connectivity index (χ0n) is 11.4. The summed E-state index contributed by atoms with van der Waals surface area (Å²) in [6.07, 6.45) is 7.27. The predicted molar refractivity (Wildman–Crippen MR) is 72.6 cm³/mol. The maximum atomic E-state index is 11.6. The van der Waals surface area contributed by atoms with E-state index in [1.807, 2.05) is 11.8 Å². The topological polar surface area (TPSA) is 83.6 Å². The molecule has 0 saturated carbocycles. The van der Waals surface area contributed by atoms with Crippen LogP contribution in [0.5, 0.6) is 0 Å². The van der Waals surface area contributed by atoms with E-state index in [0.717, 1.165) is 13.0 Å². The molecule has 1 saturated heterocycles. The number of hydrogen-bond donors (Lipinski definition) is 1. The van der Waals surface area contributed by atoms with Crippen molar-refractivity contribution in [2.45, 2.75) is 26.2 Å². The molecule has 0 spiro atoms. The van der Waals surface area contributed by atoms with E-state index in [4.69, 9.17) is 0 Å². The van der Waals surface area contributed by atoms with Crippen molar-refractivity contribution in [3.63, 3.8) is 0 Å². The summed E-state index contributed by atoms with van der Waals surface area (Å²) < 4.78 is 1.80. The lowest BCUT2D eigenvalue weighted by atomic mass is 9.77. The molecule has 1 fully saturated rings. The summed E-state index contributed by atoms with van der Waals surface area (Å²) in [6.45, 7) is 3.20. The Hall–Kier alpha value is -2.18. The average Bonchev–Trinajstić information content (AvgIpc) is 2.95. The molecule has 1 aliphatic heterocycles. The summed E-state index contributed by atoms with van der Waals surface area (Å²) in [4.78, 5) is 18.0. The van der Waals surface area contributed by atoms with Crippen LogP contribution in [0.25, 0.3) is 5.65 Å². The number of aliphatic carboxylic acids is 1. The number of fused-ring (bicyclic) bond motifs is 1. The number of nitrogens with zero attached hydrogens (tertiary/aromatic N) is 5. The minimum Gasteiger partial charge on any atom is -0.481 e. The molecule has 20 heavy (non-hydrogen) atoms. The summed E-state index contributed by atoms with van der Waals surface area (Å²) in [5.74, 6) is -0.0121. The second-order valence-electron chi connectivity index (χ2n) is 5.28. The highest BCUT2D eigenvalue weighted by atomic mass is 16.4. The Labute approximate surface area is 116 Å². The lowest BCUT2D eigenvalue weighted by molar-refractivity contribution is -0.149. The van der Waals surface area contributed by atoms with Gasteiger partial charge in [0.05, 0.1) is 5.41 Å². The number of carbonyl (C=O) groups is 1. The van der Waals surface area contributed by atoms with Crippen molar-refractivity contribution in [2.24, 2.45) is 5.41 Å². The first-order valence-corrected chi connectivity index (χ1v) is 6.79. The van der Waals surface area contributed by atoms with Crippen LogP contribution in [-0.2, 0) is 4.79 Å². The Morgan fingerprint density at radius 2 is 2.40 bits per heavy atom. The van der Waals surface area contributed by atoms with Gasteiger partial charge in [-0.3, -0.25) is 9.20 Å². The molecule has 0 radical (unpaired) electrons. The Kier molecular flexibility index (Phi) is 3.04. The normalized spacial score (nSPS) is 23.1. The Morgan fingerprint density at radius 3 is 3.15 bits per heavy atom. The molecule has 7 nitrogen and oxygen atoms in total. The van der Waals surface area contributed by atoms with Crippen molar-refractivity contribution in [2.75, 3.05) is 18.0 Å². The fraction of sp³-hybridized carbons (Fsp3) is 0.538. The van der Waals surface area contributed by atoms with Gasteiger partial charge in [-0.2, -0.15) is 0 Å². The monoisotopic (exact) mass is 275 g/mol. The maximum Gasteiger partial charge on any atom is 0.311 e. The van der Waals surface area contributed by atoms with E-state index in [9.17, 15) is 9.90 Å². The molecule has 0 aromatic carbocycles. The molecule has 0 bridgehead atoms. The Bertz CT molecular complexity index is 640. The summed E-state index contributed by atoms with van der Waals surface area (Å²) >= 11 is 0. The first kappa shape index (κ1) is 12.8. The largest absolute Gasteiger partial charge is 0.481 e. The Balaban J connectivity index is 1.98. The molecule has 3 heterocycles. The third-order valence-electron chi connectivity index (χ3n) is 4.20. The van der Waals surface area contributed by atoms with Gasteiger partial charge in [0, 0.05) is 25.5 Å². The molecule has 7 heteroatoms. The second-order valence-corrected chi connectivity index (χ2v) is 5.28. The van der Waals surface area contributed by atoms with Crippen LogP contribution >= 0.6 is 0 Å². The summed E-state index contributed by atoms with van der Waals surface area (Å²) in [5, 5.41) is 17.5. The van der Waals surface area contributed by atoms with Gasteiger partial charge in [-0.15, -0.1) is 10.2 Å². The lowest BCUT2D eigenvalue weighted by Gasteiger charge is -2.39. The average molecular weight is 275 g/mol. The third kappa shape index (κ3) is 1.90. The van der Waals surface area contributed by atoms with Crippen LogP contribution in [0.3, 0.4) is 0 Å². The van der Waals surface area contributed by atoms with Gasteiger partial charge < -0.3 is 10.0 Å². The highest BCUT2D eigenvalue weighted by molar-refractivity contribution is 5.76. The highest BCUT2D eigenvalue weighted by Crippen LogP contribution is 2.35. The first-order valence-electron chi connectivity index (χ1n) is 6.79. The van der Waals surface area contributed by atoms with E-state index in [1.54, 1.807) is 23.1 Å². The van der Waals surface area contributed by atoms with E-state index in [1.165, 1.54) is 0 Å². The molecule has 2 aromatic heterocycles. The number of hydrogen-bond acceptors (Lipinski definition) is 5. The molecule has 0 aliphatic carbocycles. The fourth-order valence-electron chi connectivity index (χ4n) is 2.90. The van der Waals surface area contributed by atoms with Crippen LogP contribution in [0.15, 0.2) is 18.7 Å². The number of piperidine rings is 1. The highest BCUT2D eigenvalue weighted by Gasteiger charge is 2.41. The molecule has 2 aromatic rings. The quantitative estimate of drug-likeness (QED) is 0.906. The molecule has 1 aliphatic rings. The number of carboxylic acid groups (broad SMARTS) is 1. The van der Waals surface area contributed by atoms with Gasteiger partial charge in [-0.25, -0.2) is 4.98 Å². The molecule has 106 valence electrons. The van der Waals surface area contributed by atoms with Gasteiger partial charge in [0.1, 0.15) is 6.33 Å². The molecule has 0 amide bonds. The molecule has 1 N–H and O–H groups in total. The van der Waals surface area contributed by atoms with E-state index in [-0.39, 0.29) is 0 Å². The van der Waals surface area contributed by atoms with Crippen LogP contribution in [0.4, 0.5) is 5.82 Å². The van der Waals surface area contributed by atoms with E-state index in [0.29, 0.717) is 30.9 Å². The van der Waals surface area contributed by atoms with Crippen molar-refractivity contribution >= 4 is 17.4 Å². The summed E-state index contributed by atoms with van der Waals surface area (Å²) in [6, 6.07) is 0. The van der Waals surface area contributed by atoms with Crippen molar-refractivity contribution in [1.29, 1.82) is 0 Å². The van der Waals surface area contributed by atoms with Gasteiger partial charge >= 0.3 is 5.97 Å². The first-order chi connectivity index (χ1) is 9.66. The smallest absolute Gasteiger partial charge is 0.311 e. The second kappa shape index (κ2) is 4.73. The van der Waals surface area contributed by atoms with Crippen LogP contribution < -0.4 is 4.90 Å². The summed E-state index contributed by atoms with van der Waals surface area (Å²) in [7, 11) is 0. The van der Waals surface area contributed by atoms with Crippen LogP contribution in [0, 0.1) is 5.41 Å². The van der Waals surface area contributed by atoms with E-state index in [2.05, 4.69) is 15.2 Å². The van der Waals surface area contributed by atoms with Crippen molar-refractivity contribution in [1.82, 2.24) is 19.6 Å². The van der Waals surface area contributed by atoms with E-state index >= 15 is 0 Å². The zero-order chi connectivity index (χ0) is 14.2. The molecular weight excluding hydrogens is 258 g/mol. The minimum atomic E-state index is -0.724. The van der Waals surface area contributed by atoms with Crippen LogP contribution in [0.2, 0.25) is 0 Å². The Morgan fingerprint density at radius 1 is 1.55 bits per heavy atom. The third-order valence-corrected chi connectivity index (χ3v) is 4.20. The molecule has 1 atom stereocenters. The maximum absolute atomic E-state index is 11.6. The molecule has 1 unspecified atom stereocenters. The fourth-order valence-corrected chi connectivity index (χ4v) is 2.90. The predicted octanol–water partition coefficient (Wildman–Crippen LogP) is 1.21. The van der Waals surface area contributed by atoms with Gasteiger partial charge in [-0.1, -0.05) is 6.92 Å². The number of rotatable bonds is 3.